The van der Waals surface area contributed by atoms with E-state index in [9.17, 15) is 9.59 Å². The number of carboxylic acid groups (broad SMARTS) is 1. The number of benzene rings is 1. The van der Waals surface area contributed by atoms with Crippen molar-refractivity contribution in [3.8, 4) is 16.2 Å². The molecule has 1 aromatic carbocycles. The van der Waals surface area contributed by atoms with Gasteiger partial charge in [0.15, 0.2) is 0 Å². The number of rotatable bonds is 8. The van der Waals surface area contributed by atoms with Crippen molar-refractivity contribution in [3.05, 3.63) is 41.3 Å². The van der Waals surface area contributed by atoms with Crippen LogP contribution in [0.4, 0.5) is 0 Å². The van der Waals surface area contributed by atoms with Crippen LogP contribution in [0.5, 0.6) is 5.75 Å². The SMILES string of the molecule is CCN(CC(=O)O)C1CC(NC(=O)c2sc(-c3ccccc3)cc2OC)C1. The van der Waals surface area contributed by atoms with Crippen molar-refractivity contribution in [1.29, 1.82) is 0 Å². The fourth-order valence-electron chi connectivity index (χ4n) is 3.36. The van der Waals surface area contributed by atoms with Crippen molar-refractivity contribution in [2.24, 2.45) is 0 Å². The van der Waals surface area contributed by atoms with E-state index in [1.807, 2.05) is 48.2 Å². The molecule has 7 heteroatoms. The number of carbonyl (C=O) groups excluding carboxylic acids is 1. The van der Waals surface area contributed by atoms with Gasteiger partial charge >= 0.3 is 5.97 Å². The summed E-state index contributed by atoms with van der Waals surface area (Å²) in [6, 6.07) is 12.1. The Bertz CT molecular complexity index is 800. The molecule has 1 fully saturated rings. The van der Waals surface area contributed by atoms with Gasteiger partial charge in [-0.05, 0) is 31.0 Å². The molecule has 1 aliphatic carbocycles. The molecule has 1 aliphatic rings. The number of likely N-dealkylation sites (N-methyl/N-ethyl adjacent to an activating group) is 1. The van der Waals surface area contributed by atoms with Gasteiger partial charge in [-0.2, -0.15) is 0 Å². The topological polar surface area (TPSA) is 78.9 Å². The third-order valence-corrected chi connectivity index (χ3v) is 6.06. The van der Waals surface area contributed by atoms with Crippen molar-refractivity contribution >= 4 is 23.2 Å². The molecular weight excluding hydrogens is 364 g/mol. The molecule has 1 amide bonds. The molecule has 0 radical (unpaired) electrons. The minimum atomic E-state index is -0.818. The summed E-state index contributed by atoms with van der Waals surface area (Å²) in [6.07, 6.45) is 1.54. The van der Waals surface area contributed by atoms with E-state index >= 15 is 0 Å². The second-order valence-electron chi connectivity index (χ2n) is 6.63. The maximum atomic E-state index is 12.7. The molecule has 0 atom stereocenters. The fraction of sp³-hybridized carbons (Fsp3) is 0.400. The summed E-state index contributed by atoms with van der Waals surface area (Å²) in [6.45, 7) is 2.69. The monoisotopic (exact) mass is 388 g/mol. The number of hydrogen-bond donors (Lipinski definition) is 2. The molecule has 144 valence electrons. The smallest absolute Gasteiger partial charge is 0.317 e. The van der Waals surface area contributed by atoms with E-state index < -0.39 is 5.97 Å². The van der Waals surface area contributed by atoms with E-state index in [0.29, 0.717) is 17.2 Å². The van der Waals surface area contributed by atoms with Gasteiger partial charge in [0.05, 0.1) is 13.7 Å². The summed E-state index contributed by atoms with van der Waals surface area (Å²) >= 11 is 1.42. The Kier molecular flexibility index (Phi) is 6.13. The lowest BCUT2D eigenvalue weighted by Gasteiger charge is -2.42. The molecule has 27 heavy (non-hydrogen) atoms. The summed E-state index contributed by atoms with van der Waals surface area (Å²) in [5.41, 5.74) is 1.05. The van der Waals surface area contributed by atoms with Crippen LogP contribution in [0.15, 0.2) is 36.4 Å². The number of ether oxygens (including phenoxy) is 1. The summed E-state index contributed by atoms with van der Waals surface area (Å²) < 4.78 is 5.40. The second kappa shape index (κ2) is 8.54. The highest BCUT2D eigenvalue weighted by molar-refractivity contribution is 7.17. The number of methoxy groups -OCH3 is 1. The van der Waals surface area contributed by atoms with E-state index in [1.165, 1.54) is 11.3 Å². The molecule has 3 rings (SSSR count). The molecule has 0 spiro atoms. The lowest BCUT2D eigenvalue weighted by molar-refractivity contribution is -0.139. The minimum Gasteiger partial charge on any atom is -0.495 e. The van der Waals surface area contributed by atoms with Gasteiger partial charge in [-0.15, -0.1) is 11.3 Å². The van der Waals surface area contributed by atoms with Gasteiger partial charge in [0.2, 0.25) is 0 Å². The third-order valence-electron chi connectivity index (χ3n) is 4.89. The number of aliphatic carboxylic acids is 1. The van der Waals surface area contributed by atoms with Crippen LogP contribution in [0, 0.1) is 0 Å². The first-order valence-electron chi connectivity index (χ1n) is 9.01. The van der Waals surface area contributed by atoms with Crippen molar-refractivity contribution in [1.82, 2.24) is 10.2 Å². The van der Waals surface area contributed by atoms with Crippen LogP contribution in [-0.4, -0.2) is 54.2 Å². The first-order chi connectivity index (χ1) is 13.0. The highest BCUT2D eigenvalue weighted by Crippen LogP contribution is 2.36. The van der Waals surface area contributed by atoms with Gasteiger partial charge in [0.25, 0.3) is 5.91 Å². The summed E-state index contributed by atoms with van der Waals surface area (Å²) in [7, 11) is 1.57. The molecule has 1 saturated carbocycles. The largest absolute Gasteiger partial charge is 0.495 e. The van der Waals surface area contributed by atoms with Crippen LogP contribution in [0.25, 0.3) is 10.4 Å². The van der Waals surface area contributed by atoms with Crippen LogP contribution in [0.3, 0.4) is 0 Å². The summed E-state index contributed by atoms with van der Waals surface area (Å²) in [5.74, 6) is -0.377. The van der Waals surface area contributed by atoms with Crippen LogP contribution in [0.1, 0.15) is 29.4 Å². The highest BCUT2D eigenvalue weighted by Gasteiger charge is 2.35. The van der Waals surface area contributed by atoms with Gasteiger partial charge in [-0.3, -0.25) is 14.5 Å². The quantitative estimate of drug-likeness (QED) is 0.727. The lowest BCUT2D eigenvalue weighted by atomic mass is 9.85. The Hall–Kier alpha value is -2.38. The molecule has 0 unspecified atom stereocenters. The zero-order valence-electron chi connectivity index (χ0n) is 15.5. The fourth-order valence-corrected chi connectivity index (χ4v) is 4.39. The van der Waals surface area contributed by atoms with E-state index in [1.54, 1.807) is 7.11 Å². The summed E-state index contributed by atoms with van der Waals surface area (Å²) in [5, 5.41) is 12.0. The molecule has 0 aliphatic heterocycles. The van der Waals surface area contributed by atoms with Crippen molar-refractivity contribution in [2.75, 3.05) is 20.2 Å². The van der Waals surface area contributed by atoms with Gasteiger partial charge in [-0.1, -0.05) is 37.3 Å². The van der Waals surface area contributed by atoms with E-state index in [-0.39, 0.29) is 24.5 Å². The van der Waals surface area contributed by atoms with Gasteiger partial charge in [0, 0.05) is 17.0 Å². The zero-order valence-corrected chi connectivity index (χ0v) is 16.3. The third kappa shape index (κ3) is 4.48. The maximum absolute atomic E-state index is 12.7. The first-order valence-corrected chi connectivity index (χ1v) is 9.83. The predicted octanol–water partition coefficient (Wildman–Crippen LogP) is 3.09. The average Bonchev–Trinajstić information content (AvgIpc) is 3.07. The number of carbonyl (C=O) groups is 2. The number of carboxylic acids is 1. The Morgan fingerprint density at radius 1 is 1.30 bits per heavy atom. The van der Waals surface area contributed by atoms with E-state index in [0.717, 1.165) is 23.3 Å². The minimum absolute atomic E-state index is 0.0427. The number of thiophene rings is 1. The summed E-state index contributed by atoms with van der Waals surface area (Å²) in [4.78, 5) is 27.1. The van der Waals surface area contributed by atoms with Crippen molar-refractivity contribution in [2.45, 2.75) is 31.8 Å². The van der Waals surface area contributed by atoms with Crippen molar-refractivity contribution < 1.29 is 19.4 Å². The average molecular weight is 388 g/mol. The van der Waals surface area contributed by atoms with Crippen LogP contribution in [-0.2, 0) is 4.79 Å². The van der Waals surface area contributed by atoms with Gasteiger partial charge < -0.3 is 15.2 Å². The number of nitrogens with one attached hydrogen (secondary N) is 1. The van der Waals surface area contributed by atoms with Crippen molar-refractivity contribution in [3.63, 3.8) is 0 Å². The Balaban J connectivity index is 1.62. The van der Waals surface area contributed by atoms with Crippen LogP contribution < -0.4 is 10.1 Å². The van der Waals surface area contributed by atoms with Crippen LogP contribution >= 0.6 is 11.3 Å². The Morgan fingerprint density at radius 3 is 2.59 bits per heavy atom. The molecule has 1 aromatic heterocycles. The van der Waals surface area contributed by atoms with Gasteiger partial charge in [-0.25, -0.2) is 0 Å². The first kappa shape index (κ1) is 19.4. The Labute approximate surface area is 162 Å². The molecule has 0 bridgehead atoms. The van der Waals surface area contributed by atoms with E-state index in [2.05, 4.69) is 5.32 Å². The predicted molar refractivity (Wildman–Crippen MR) is 105 cm³/mol. The zero-order chi connectivity index (χ0) is 19.4. The molecule has 1 heterocycles. The molecular formula is C20H24N2O4S. The molecule has 0 saturated heterocycles. The standard InChI is InChI=1S/C20H24N2O4S/c1-3-22(12-18(23)24)15-9-14(10-15)21-20(25)19-16(26-2)11-17(27-19)13-7-5-4-6-8-13/h4-8,11,14-15H,3,9-10,12H2,1-2H3,(H,21,25)(H,23,24). The highest BCUT2D eigenvalue weighted by atomic mass is 32.1. The normalized spacial score (nSPS) is 18.8. The number of nitrogens with zero attached hydrogens (tertiary/aromatic N) is 1. The Morgan fingerprint density at radius 2 is 2.00 bits per heavy atom. The van der Waals surface area contributed by atoms with E-state index in [4.69, 9.17) is 9.84 Å². The lowest BCUT2D eigenvalue weighted by Crippen LogP contribution is -2.54. The van der Waals surface area contributed by atoms with Crippen LogP contribution in [0.2, 0.25) is 0 Å². The number of amides is 1. The molecule has 2 N–H and O–H groups in total. The second-order valence-corrected chi connectivity index (χ2v) is 7.68. The van der Waals surface area contributed by atoms with Gasteiger partial charge in [0.1, 0.15) is 10.6 Å². The maximum Gasteiger partial charge on any atom is 0.317 e. The molecule has 6 nitrogen and oxygen atoms in total. The number of hydrogen-bond acceptors (Lipinski definition) is 5. The molecule has 2 aromatic rings.